The number of amides is 2. The van der Waals surface area contributed by atoms with Gasteiger partial charge in [-0.15, -0.1) is 0 Å². The zero-order chi connectivity index (χ0) is 23.7. The molecule has 2 atom stereocenters. The van der Waals surface area contributed by atoms with Crippen LogP contribution in [-0.4, -0.2) is 83.2 Å². The molecule has 4 heterocycles. The molecule has 1 aromatic carbocycles. The standard InChI is InChI=1S/C24H32N8O2/c1-30(2)12-4-11-25-24(33)27-17-7-5-16(6-8-17)21-28-22-20(13-26-31(22)3)23(29-21)32-14-18-9-10-19(15-32)34-18/h5-8,13,18-19H,4,9-12,14-15H2,1-3H3,(H2,25,27,33). The number of hydrogen-bond acceptors (Lipinski definition) is 7. The molecule has 2 aliphatic rings. The molecule has 2 aromatic heterocycles. The molecule has 2 bridgehead atoms. The van der Waals surface area contributed by atoms with E-state index in [1.807, 2.05) is 51.6 Å². The van der Waals surface area contributed by atoms with Crippen molar-refractivity contribution in [2.75, 3.05) is 50.5 Å². The smallest absolute Gasteiger partial charge is 0.319 e. The van der Waals surface area contributed by atoms with E-state index in [1.54, 1.807) is 4.68 Å². The van der Waals surface area contributed by atoms with Crippen LogP contribution in [-0.2, 0) is 11.8 Å². The zero-order valence-corrected chi connectivity index (χ0v) is 20.0. The van der Waals surface area contributed by atoms with Crippen molar-refractivity contribution in [3.8, 4) is 11.4 Å². The highest BCUT2D eigenvalue weighted by atomic mass is 16.5. The summed E-state index contributed by atoms with van der Waals surface area (Å²) in [6, 6.07) is 7.42. The molecule has 180 valence electrons. The topological polar surface area (TPSA) is 100 Å². The number of aryl methyl sites for hydroxylation is 1. The Morgan fingerprint density at radius 1 is 1.15 bits per heavy atom. The monoisotopic (exact) mass is 464 g/mol. The van der Waals surface area contributed by atoms with E-state index in [0.717, 1.165) is 67.0 Å². The molecule has 0 radical (unpaired) electrons. The number of aromatic nitrogens is 4. The summed E-state index contributed by atoms with van der Waals surface area (Å²) in [6.07, 6.45) is 5.49. The molecule has 2 aliphatic heterocycles. The number of urea groups is 1. The number of fused-ring (bicyclic) bond motifs is 3. The van der Waals surface area contributed by atoms with Crippen molar-refractivity contribution >= 4 is 28.6 Å². The summed E-state index contributed by atoms with van der Waals surface area (Å²) in [5, 5.41) is 11.1. The van der Waals surface area contributed by atoms with Gasteiger partial charge in [0.2, 0.25) is 0 Å². The molecular formula is C24H32N8O2. The fourth-order valence-corrected chi connectivity index (χ4v) is 4.64. The third kappa shape index (κ3) is 4.83. The van der Waals surface area contributed by atoms with E-state index in [4.69, 9.17) is 14.7 Å². The predicted octanol–water partition coefficient (Wildman–Crippen LogP) is 2.47. The highest BCUT2D eigenvalue weighted by Crippen LogP contribution is 2.33. The number of benzene rings is 1. The maximum atomic E-state index is 12.2. The van der Waals surface area contributed by atoms with E-state index in [0.29, 0.717) is 12.4 Å². The Balaban J connectivity index is 1.33. The summed E-state index contributed by atoms with van der Waals surface area (Å²) >= 11 is 0. The lowest BCUT2D eigenvalue weighted by Gasteiger charge is -2.33. The van der Waals surface area contributed by atoms with Crippen molar-refractivity contribution in [3.05, 3.63) is 30.5 Å². The first-order valence-corrected chi connectivity index (χ1v) is 11.9. The first-order chi connectivity index (χ1) is 16.5. The molecule has 10 nitrogen and oxygen atoms in total. The third-order valence-corrected chi connectivity index (χ3v) is 6.38. The Bertz CT molecular complexity index is 1150. The van der Waals surface area contributed by atoms with Crippen LogP contribution in [0.4, 0.5) is 16.3 Å². The lowest BCUT2D eigenvalue weighted by Crippen LogP contribution is -2.43. The van der Waals surface area contributed by atoms with Gasteiger partial charge in [0.15, 0.2) is 11.5 Å². The van der Waals surface area contributed by atoms with Crippen molar-refractivity contribution < 1.29 is 9.53 Å². The lowest BCUT2D eigenvalue weighted by atomic mass is 10.2. The van der Waals surface area contributed by atoms with Crippen LogP contribution >= 0.6 is 0 Å². The van der Waals surface area contributed by atoms with Gasteiger partial charge in [-0.05, 0) is 64.2 Å². The normalized spacial score (nSPS) is 19.7. The maximum absolute atomic E-state index is 12.2. The summed E-state index contributed by atoms with van der Waals surface area (Å²) < 4.78 is 7.81. The first kappa shape index (κ1) is 22.5. The lowest BCUT2D eigenvalue weighted by molar-refractivity contribution is 0.0303. The number of rotatable bonds is 7. The number of anilines is 2. The van der Waals surface area contributed by atoms with Crippen LogP contribution in [0.25, 0.3) is 22.4 Å². The minimum atomic E-state index is -0.205. The van der Waals surface area contributed by atoms with Gasteiger partial charge >= 0.3 is 6.03 Å². The third-order valence-electron chi connectivity index (χ3n) is 6.38. The van der Waals surface area contributed by atoms with Crippen molar-refractivity contribution in [3.63, 3.8) is 0 Å². The molecule has 2 amide bonds. The quantitative estimate of drug-likeness (QED) is 0.518. The largest absolute Gasteiger partial charge is 0.371 e. The molecule has 3 aromatic rings. The summed E-state index contributed by atoms with van der Waals surface area (Å²) in [7, 11) is 5.94. The van der Waals surface area contributed by atoms with Crippen LogP contribution < -0.4 is 15.5 Å². The van der Waals surface area contributed by atoms with E-state index in [1.165, 1.54) is 0 Å². The minimum absolute atomic E-state index is 0.205. The van der Waals surface area contributed by atoms with E-state index in [-0.39, 0.29) is 18.2 Å². The molecule has 2 fully saturated rings. The van der Waals surface area contributed by atoms with E-state index >= 15 is 0 Å². The van der Waals surface area contributed by atoms with Crippen LogP contribution in [0.3, 0.4) is 0 Å². The average molecular weight is 465 g/mol. The minimum Gasteiger partial charge on any atom is -0.371 e. The van der Waals surface area contributed by atoms with Gasteiger partial charge in [0, 0.05) is 37.9 Å². The second-order valence-electron chi connectivity index (χ2n) is 9.35. The van der Waals surface area contributed by atoms with Crippen LogP contribution in [0, 0.1) is 0 Å². The van der Waals surface area contributed by atoms with Crippen molar-refractivity contribution in [2.24, 2.45) is 7.05 Å². The van der Waals surface area contributed by atoms with Crippen molar-refractivity contribution in [2.45, 2.75) is 31.5 Å². The highest BCUT2D eigenvalue weighted by Gasteiger charge is 2.35. The second kappa shape index (κ2) is 9.55. The van der Waals surface area contributed by atoms with Crippen molar-refractivity contribution in [1.82, 2.24) is 30.0 Å². The molecule has 0 aliphatic carbocycles. The van der Waals surface area contributed by atoms with Gasteiger partial charge in [0.25, 0.3) is 0 Å². The predicted molar refractivity (Wildman–Crippen MR) is 132 cm³/mol. The Hall–Kier alpha value is -3.24. The summed E-state index contributed by atoms with van der Waals surface area (Å²) in [5.74, 6) is 1.55. The van der Waals surface area contributed by atoms with E-state index in [9.17, 15) is 4.79 Å². The maximum Gasteiger partial charge on any atom is 0.319 e. The number of carbonyl (C=O) groups excluding carboxylic acids is 1. The van der Waals surface area contributed by atoms with Gasteiger partial charge < -0.3 is 25.2 Å². The molecule has 34 heavy (non-hydrogen) atoms. The molecular weight excluding hydrogens is 432 g/mol. The molecule has 5 rings (SSSR count). The van der Waals surface area contributed by atoms with Crippen LogP contribution in [0.5, 0.6) is 0 Å². The molecule has 2 unspecified atom stereocenters. The Kier molecular flexibility index (Phi) is 6.34. The Morgan fingerprint density at radius 2 is 1.88 bits per heavy atom. The zero-order valence-electron chi connectivity index (χ0n) is 20.0. The van der Waals surface area contributed by atoms with E-state index in [2.05, 4.69) is 25.5 Å². The number of ether oxygens (including phenoxy) is 1. The SMILES string of the molecule is CN(C)CCCNC(=O)Nc1ccc(-c2nc(N3CC4CCC(C3)O4)c3cnn(C)c3n2)cc1. The Labute approximate surface area is 199 Å². The fourth-order valence-electron chi connectivity index (χ4n) is 4.64. The van der Waals surface area contributed by atoms with Gasteiger partial charge in [-0.2, -0.15) is 5.10 Å². The van der Waals surface area contributed by atoms with Crippen LogP contribution in [0.2, 0.25) is 0 Å². The van der Waals surface area contributed by atoms with Gasteiger partial charge in [-0.3, -0.25) is 4.68 Å². The fraction of sp³-hybridized carbons (Fsp3) is 0.500. The number of morpholine rings is 1. The molecule has 2 N–H and O–H groups in total. The van der Waals surface area contributed by atoms with Crippen LogP contribution in [0.1, 0.15) is 19.3 Å². The highest BCUT2D eigenvalue weighted by molar-refractivity contribution is 5.90. The second-order valence-corrected chi connectivity index (χ2v) is 9.35. The Morgan fingerprint density at radius 3 is 2.59 bits per heavy atom. The molecule has 2 saturated heterocycles. The summed E-state index contributed by atoms with van der Waals surface area (Å²) in [6.45, 7) is 3.24. The number of carbonyl (C=O) groups is 1. The molecule has 10 heteroatoms. The number of nitrogens with zero attached hydrogens (tertiary/aromatic N) is 6. The van der Waals surface area contributed by atoms with Crippen molar-refractivity contribution in [1.29, 1.82) is 0 Å². The van der Waals surface area contributed by atoms with Gasteiger partial charge in [0.1, 0.15) is 5.82 Å². The van der Waals surface area contributed by atoms with Gasteiger partial charge in [0.05, 0.1) is 23.8 Å². The number of nitrogens with one attached hydrogen (secondary N) is 2. The molecule has 0 saturated carbocycles. The summed E-state index contributed by atoms with van der Waals surface area (Å²) in [5.41, 5.74) is 2.41. The van der Waals surface area contributed by atoms with E-state index < -0.39 is 0 Å². The molecule has 0 spiro atoms. The average Bonchev–Trinajstić information content (AvgIpc) is 3.37. The van der Waals surface area contributed by atoms with Gasteiger partial charge in [-0.25, -0.2) is 14.8 Å². The van der Waals surface area contributed by atoms with Crippen LogP contribution in [0.15, 0.2) is 30.5 Å². The van der Waals surface area contributed by atoms with Gasteiger partial charge in [-0.1, -0.05) is 0 Å². The number of hydrogen-bond donors (Lipinski definition) is 2. The summed E-state index contributed by atoms with van der Waals surface area (Å²) in [4.78, 5) is 26.3. The first-order valence-electron chi connectivity index (χ1n) is 11.9.